The fourth-order valence-corrected chi connectivity index (χ4v) is 1.85. The molecular weight excluding hydrogens is 146 g/mol. The Kier molecular flexibility index (Phi) is 2.03. The summed E-state index contributed by atoms with van der Waals surface area (Å²) in [7, 11) is 0. The molecule has 0 saturated carbocycles. The van der Waals surface area contributed by atoms with Gasteiger partial charge in [-0.25, -0.2) is 0 Å². The normalized spacial score (nSPS) is 28.5. The smallest absolute Gasteiger partial charge is 0.0511 e. The van der Waals surface area contributed by atoms with Gasteiger partial charge in [0.1, 0.15) is 0 Å². The van der Waals surface area contributed by atoms with Gasteiger partial charge in [0.05, 0.1) is 6.04 Å². The van der Waals surface area contributed by atoms with E-state index in [-0.39, 0.29) is 0 Å². The van der Waals surface area contributed by atoms with Crippen molar-refractivity contribution < 1.29 is 0 Å². The molecule has 1 heteroatoms. The molecular formula is C11H15N. The molecule has 1 heterocycles. The molecule has 0 bridgehead atoms. The Bertz CT molecular complexity index is 248. The molecule has 0 radical (unpaired) electrons. The Morgan fingerprint density at radius 1 is 1.42 bits per heavy atom. The van der Waals surface area contributed by atoms with Crippen LogP contribution in [0.4, 0.5) is 0 Å². The quantitative estimate of drug-likeness (QED) is 0.623. The maximum Gasteiger partial charge on any atom is 0.0511 e. The van der Waals surface area contributed by atoms with Crippen molar-refractivity contribution in [2.75, 3.05) is 0 Å². The zero-order valence-corrected chi connectivity index (χ0v) is 7.34. The zero-order chi connectivity index (χ0) is 8.39. The molecule has 0 aromatic carbocycles. The molecule has 1 unspecified atom stereocenters. The number of rotatable bonds is 1. The van der Waals surface area contributed by atoms with Gasteiger partial charge in [-0.05, 0) is 31.3 Å². The van der Waals surface area contributed by atoms with Crippen LogP contribution in [-0.4, -0.2) is 6.04 Å². The van der Waals surface area contributed by atoms with Crippen LogP contribution in [0.3, 0.4) is 0 Å². The highest BCUT2D eigenvalue weighted by molar-refractivity contribution is 5.30. The Balaban J connectivity index is 2.05. The number of allylic oxidation sites excluding steroid dienone is 3. The molecule has 0 aromatic rings. The third-order valence-electron chi connectivity index (χ3n) is 2.54. The van der Waals surface area contributed by atoms with E-state index >= 15 is 0 Å². The molecule has 1 aliphatic carbocycles. The van der Waals surface area contributed by atoms with Crippen LogP contribution in [0.5, 0.6) is 0 Å². The van der Waals surface area contributed by atoms with Gasteiger partial charge in [0, 0.05) is 5.70 Å². The van der Waals surface area contributed by atoms with Crippen LogP contribution in [0.15, 0.2) is 36.1 Å². The first-order chi connectivity index (χ1) is 5.86. The lowest BCUT2D eigenvalue weighted by Gasteiger charge is -2.14. The molecule has 1 atom stereocenters. The highest BCUT2D eigenvalue weighted by Gasteiger charge is 2.19. The van der Waals surface area contributed by atoms with Gasteiger partial charge >= 0.3 is 0 Å². The molecule has 64 valence electrons. The fraction of sp³-hybridized carbons (Fsp3) is 0.455. The zero-order valence-electron chi connectivity index (χ0n) is 7.34. The van der Waals surface area contributed by atoms with E-state index in [0.29, 0.717) is 6.04 Å². The van der Waals surface area contributed by atoms with E-state index in [1.165, 1.54) is 30.5 Å². The minimum absolute atomic E-state index is 0.550. The Hall–Kier alpha value is -0.980. The second kappa shape index (κ2) is 3.18. The van der Waals surface area contributed by atoms with Gasteiger partial charge in [0.2, 0.25) is 0 Å². The van der Waals surface area contributed by atoms with Gasteiger partial charge in [-0.1, -0.05) is 24.8 Å². The molecule has 12 heavy (non-hydrogen) atoms. The predicted molar refractivity (Wildman–Crippen MR) is 51.8 cm³/mol. The Morgan fingerprint density at radius 2 is 2.33 bits per heavy atom. The molecule has 1 saturated heterocycles. The van der Waals surface area contributed by atoms with Crippen molar-refractivity contribution in [2.45, 2.75) is 31.7 Å². The lowest BCUT2D eigenvalue weighted by Crippen LogP contribution is -2.22. The van der Waals surface area contributed by atoms with Crippen LogP contribution in [-0.2, 0) is 0 Å². The summed E-state index contributed by atoms with van der Waals surface area (Å²) in [5, 5.41) is 3.41. The van der Waals surface area contributed by atoms with E-state index in [4.69, 9.17) is 0 Å². The third kappa shape index (κ3) is 1.45. The van der Waals surface area contributed by atoms with E-state index in [9.17, 15) is 0 Å². The summed E-state index contributed by atoms with van der Waals surface area (Å²) in [5.74, 6) is 0. The Morgan fingerprint density at radius 3 is 2.92 bits per heavy atom. The van der Waals surface area contributed by atoms with Crippen LogP contribution < -0.4 is 5.32 Å². The van der Waals surface area contributed by atoms with Gasteiger partial charge in [0.25, 0.3) is 0 Å². The van der Waals surface area contributed by atoms with Crippen LogP contribution in [0.2, 0.25) is 0 Å². The van der Waals surface area contributed by atoms with Crippen LogP contribution in [0, 0.1) is 0 Å². The summed E-state index contributed by atoms with van der Waals surface area (Å²) in [6, 6.07) is 0.550. The maximum absolute atomic E-state index is 3.94. The highest BCUT2D eigenvalue weighted by atomic mass is 15.0. The highest BCUT2D eigenvalue weighted by Crippen LogP contribution is 2.23. The largest absolute Gasteiger partial charge is 0.382 e. The second-order valence-corrected chi connectivity index (χ2v) is 3.52. The number of hydrogen-bond acceptors (Lipinski definition) is 1. The topological polar surface area (TPSA) is 12.0 Å². The molecule has 1 N–H and O–H groups in total. The van der Waals surface area contributed by atoms with Crippen LogP contribution in [0.25, 0.3) is 0 Å². The molecule has 0 spiro atoms. The molecule has 2 aliphatic rings. The number of hydrogen-bond donors (Lipinski definition) is 1. The fourth-order valence-electron chi connectivity index (χ4n) is 1.85. The lowest BCUT2D eigenvalue weighted by atomic mass is 9.99. The van der Waals surface area contributed by atoms with Crippen molar-refractivity contribution in [1.82, 2.24) is 5.32 Å². The van der Waals surface area contributed by atoms with Crippen molar-refractivity contribution in [1.29, 1.82) is 0 Å². The molecule has 0 aromatic heterocycles. The predicted octanol–water partition coefficient (Wildman–Crippen LogP) is 2.53. The number of nitrogens with one attached hydrogen (secondary N) is 1. The molecule has 1 aliphatic heterocycles. The Labute approximate surface area is 73.9 Å². The third-order valence-corrected chi connectivity index (χ3v) is 2.54. The molecule has 1 fully saturated rings. The summed E-state index contributed by atoms with van der Waals surface area (Å²) in [4.78, 5) is 0. The van der Waals surface area contributed by atoms with Crippen molar-refractivity contribution in [3.05, 3.63) is 36.1 Å². The van der Waals surface area contributed by atoms with Crippen molar-refractivity contribution in [2.24, 2.45) is 0 Å². The van der Waals surface area contributed by atoms with Crippen molar-refractivity contribution in [3.63, 3.8) is 0 Å². The minimum atomic E-state index is 0.550. The van der Waals surface area contributed by atoms with E-state index in [0.717, 1.165) is 6.42 Å². The van der Waals surface area contributed by atoms with Crippen LogP contribution in [0.1, 0.15) is 25.7 Å². The van der Waals surface area contributed by atoms with E-state index in [1.807, 2.05) is 0 Å². The maximum atomic E-state index is 3.94. The summed E-state index contributed by atoms with van der Waals surface area (Å²) in [6.45, 7) is 3.94. The van der Waals surface area contributed by atoms with E-state index < -0.39 is 0 Å². The second-order valence-electron chi connectivity index (χ2n) is 3.52. The van der Waals surface area contributed by atoms with Crippen molar-refractivity contribution >= 4 is 0 Å². The van der Waals surface area contributed by atoms with Crippen LogP contribution >= 0.6 is 0 Å². The van der Waals surface area contributed by atoms with Gasteiger partial charge in [-0.3, -0.25) is 0 Å². The molecule has 1 nitrogen and oxygen atoms in total. The van der Waals surface area contributed by atoms with Gasteiger partial charge in [0.15, 0.2) is 0 Å². The average Bonchev–Trinajstić information content (AvgIpc) is 2.54. The van der Waals surface area contributed by atoms with Crippen molar-refractivity contribution in [3.8, 4) is 0 Å². The van der Waals surface area contributed by atoms with Gasteiger partial charge in [-0.15, -0.1) is 0 Å². The standard InChI is InChI=1S/C11H15N/c1-9-7-8-11(12-9)10-5-3-2-4-6-10/h3,5-6,11-12H,1-2,4,7-8H2. The summed E-state index contributed by atoms with van der Waals surface area (Å²) >= 11 is 0. The molecule has 2 rings (SSSR count). The average molecular weight is 161 g/mol. The monoisotopic (exact) mass is 161 g/mol. The molecule has 0 amide bonds. The first-order valence-corrected chi connectivity index (χ1v) is 4.67. The summed E-state index contributed by atoms with van der Waals surface area (Å²) < 4.78 is 0. The first-order valence-electron chi connectivity index (χ1n) is 4.67. The van der Waals surface area contributed by atoms with E-state index in [2.05, 4.69) is 30.1 Å². The summed E-state index contributed by atoms with van der Waals surface area (Å²) in [6.07, 6.45) is 11.6. The first kappa shape index (κ1) is 7.66. The minimum Gasteiger partial charge on any atom is -0.382 e. The van der Waals surface area contributed by atoms with Gasteiger partial charge in [-0.2, -0.15) is 0 Å². The van der Waals surface area contributed by atoms with E-state index in [1.54, 1.807) is 0 Å². The summed E-state index contributed by atoms with van der Waals surface area (Å²) in [5.41, 5.74) is 2.65. The van der Waals surface area contributed by atoms with Gasteiger partial charge < -0.3 is 5.32 Å². The SMILES string of the molecule is C=C1CCC(C2=CCCC=C2)N1. The lowest BCUT2D eigenvalue weighted by molar-refractivity contribution is 0.712.